The van der Waals surface area contributed by atoms with Gasteiger partial charge in [-0.05, 0) is 19.8 Å². The van der Waals surface area contributed by atoms with Gasteiger partial charge in [-0.1, -0.05) is 27.7 Å². The molecule has 0 bridgehead atoms. The van der Waals surface area contributed by atoms with Crippen LogP contribution in [0, 0.1) is 25.2 Å². The molecule has 0 aromatic heterocycles. The summed E-state index contributed by atoms with van der Waals surface area (Å²) in [6.45, 7) is 20.2. The van der Waals surface area contributed by atoms with Gasteiger partial charge in [-0.2, -0.15) is 19.8 Å². The molecule has 0 atom stereocenters. The molecule has 1 nitrogen and oxygen atoms in total. The molecular formula is C14H31NVY3. The third-order valence-corrected chi connectivity index (χ3v) is 0.682. The van der Waals surface area contributed by atoms with Crippen molar-refractivity contribution in [3.05, 3.63) is 13.3 Å². The molecule has 4 radical (unpaired) electrons. The first-order chi connectivity index (χ1) is 6.77. The van der Waals surface area contributed by atoms with Crippen molar-refractivity contribution in [1.82, 2.24) is 0 Å². The Bertz CT molecular complexity index is 117. The van der Waals surface area contributed by atoms with E-state index in [9.17, 15) is 0 Å². The molecule has 0 spiro atoms. The zero-order chi connectivity index (χ0) is 12.9. The summed E-state index contributed by atoms with van der Waals surface area (Å²) in [5.41, 5.74) is 0. The van der Waals surface area contributed by atoms with Crippen LogP contribution in [-0.4, -0.2) is 12.3 Å². The molecule has 19 heavy (non-hydrogen) atoms. The summed E-state index contributed by atoms with van der Waals surface area (Å²) in [6.07, 6.45) is 3.99. The van der Waals surface area contributed by atoms with Gasteiger partial charge in [0, 0.05) is 110 Å². The topological polar surface area (TPSA) is 12.4 Å². The van der Waals surface area contributed by atoms with Gasteiger partial charge in [0.05, 0.1) is 0 Å². The molecule has 0 fully saturated rings. The fourth-order valence-corrected chi connectivity index (χ4v) is 0.344. The van der Waals surface area contributed by atoms with Gasteiger partial charge >= 0.3 is 18.6 Å². The second-order valence-corrected chi connectivity index (χ2v) is 4.61. The van der Waals surface area contributed by atoms with Crippen LogP contribution in [0.4, 0.5) is 0 Å². The van der Waals surface area contributed by atoms with Crippen molar-refractivity contribution in [2.24, 2.45) is 16.8 Å². The first-order valence-corrected chi connectivity index (χ1v) is 5.88. The predicted octanol–water partition coefficient (Wildman–Crippen LogP) is 4.82. The smallest absolute Gasteiger partial charge is 0.341 e. The maximum Gasteiger partial charge on any atom is 2.00 e. The Kier molecular flexibility index (Phi) is 85.8. The Hall–Kier alpha value is 3.57. The number of aliphatic imine (C=N–C) groups is 1. The van der Waals surface area contributed by atoms with Crippen LogP contribution in [0.1, 0.15) is 55.4 Å². The average molecular weight is 531 g/mol. The fourth-order valence-electron chi connectivity index (χ4n) is 0.344. The van der Waals surface area contributed by atoms with E-state index in [1.165, 1.54) is 0 Å². The van der Waals surface area contributed by atoms with Gasteiger partial charge in [0.2, 0.25) is 0 Å². The maximum absolute atomic E-state index is 4.20. The van der Waals surface area contributed by atoms with Crippen LogP contribution in [0.25, 0.3) is 0 Å². The van der Waals surface area contributed by atoms with E-state index in [1.807, 2.05) is 26.5 Å². The molecule has 0 rings (SSSR count). The molecule has 5 heteroatoms. The molecule has 0 saturated carbocycles. The Labute approximate surface area is 211 Å². The molecule has 0 heterocycles. The third-order valence-electron chi connectivity index (χ3n) is 0.682. The Morgan fingerprint density at radius 1 is 0.895 bits per heavy atom. The predicted molar refractivity (Wildman–Crippen MR) is 74.3 cm³/mol. The van der Waals surface area contributed by atoms with Crippen LogP contribution in [0.5, 0.6) is 0 Å². The zero-order valence-electron chi connectivity index (χ0n) is 14.2. The quantitative estimate of drug-likeness (QED) is 0.359. The van der Waals surface area contributed by atoms with Crippen molar-refractivity contribution in [2.75, 3.05) is 0 Å². The van der Waals surface area contributed by atoms with Crippen LogP contribution in [-0.2, 0) is 117 Å². The SMILES string of the molecule is CC(C)C=NC(C)C.C[CH-]C.[CH2-]C(C)C.[V+2].[Y].[Y].[Y]. The van der Waals surface area contributed by atoms with Crippen LogP contribution in [0.2, 0.25) is 0 Å². The average Bonchev–Trinajstić information content (AvgIpc) is 2.01. The van der Waals surface area contributed by atoms with Gasteiger partial charge in [0.1, 0.15) is 0 Å². The van der Waals surface area contributed by atoms with Gasteiger partial charge in [-0.3, -0.25) is 4.99 Å². The van der Waals surface area contributed by atoms with Crippen molar-refractivity contribution < 1.29 is 117 Å². The first-order valence-electron chi connectivity index (χ1n) is 5.88. The second-order valence-electron chi connectivity index (χ2n) is 4.61. The molecule has 0 aromatic carbocycles. The minimum Gasteiger partial charge on any atom is -0.341 e. The van der Waals surface area contributed by atoms with Gasteiger partial charge in [-0.25, -0.2) is 0 Å². The summed E-state index contributed by atoms with van der Waals surface area (Å²) in [7, 11) is 0. The molecule has 0 unspecified atom stereocenters. The second kappa shape index (κ2) is 37.6. The van der Waals surface area contributed by atoms with Crippen molar-refractivity contribution >= 4 is 6.21 Å². The molecule has 0 amide bonds. The summed E-state index contributed by atoms with van der Waals surface area (Å²) >= 11 is 0. The molecule has 0 aliphatic rings. The number of hydrogen-bond acceptors (Lipinski definition) is 1. The van der Waals surface area contributed by atoms with Crippen LogP contribution in [0.3, 0.4) is 0 Å². The van der Waals surface area contributed by atoms with Crippen LogP contribution >= 0.6 is 0 Å². The Morgan fingerprint density at radius 3 is 1.16 bits per heavy atom. The summed E-state index contributed by atoms with van der Waals surface area (Å²) in [5.74, 6) is 1.18. The van der Waals surface area contributed by atoms with E-state index in [1.54, 1.807) is 0 Å². The summed E-state index contributed by atoms with van der Waals surface area (Å²) < 4.78 is 0. The van der Waals surface area contributed by atoms with E-state index in [-0.39, 0.29) is 117 Å². The fraction of sp³-hybridized carbons (Fsp3) is 0.786. The molecular weight excluding hydrogens is 500 g/mol. The molecule has 0 aliphatic heterocycles. The molecule has 106 valence electrons. The standard InChI is InChI=1S/C7H15N.C4H9.C3H7.V.3Y/c1-6(2)5-8-7(3)4;1-4(2)3;1-3-2;;;;/h5-7H,1-4H3;4H,1H2,2-3H3;3H,1-2H3;;;;/q;2*-1;+2;;;. The first kappa shape index (κ1) is 43.3. The van der Waals surface area contributed by atoms with Crippen molar-refractivity contribution in [2.45, 2.75) is 61.4 Å². The van der Waals surface area contributed by atoms with E-state index in [0.29, 0.717) is 17.9 Å². The zero-order valence-corrected chi connectivity index (χ0v) is 24.1. The molecule has 0 N–H and O–H groups in total. The Morgan fingerprint density at radius 2 is 1.11 bits per heavy atom. The van der Waals surface area contributed by atoms with Crippen molar-refractivity contribution in [1.29, 1.82) is 0 Å². The van der Waals surface area contributed by atoms with Gasteiger partial charge < -0.3 is 13.3 Å². The Balaban J connectivity index is -0.0000000231. The van der Waals surface area contributed by atoms with E-state index < -0.39 is 0 Å². The van der Waals surface area contributed by atoms with E-state index >= 15 is 0 Å². The number of rotatable bonds is 2. The summed E-state index contributed by atoms with van der Waals surface area (Å²) in [4.78, 5) is 4.20. The minimum absolute atomic E-state index is 0. The van der Waals surface area contributed by atoms with E-state index in [2.05, 4.69) is 53.5 Å². The normalized spacial score (nSPS) is 8.00. The van der Waals surface area contributed by atoms with Crippen LogP contribution < -0.4 is 0 Å². The van der Waals surface area contributed by atoms with E-state index in [4.69, 9.17) is 0 Å². The minimum atomic E-state index is 0. The summed E-state index contributed by atoms with van der Waals surface area (Å²) in [5, 5.41) is 0. The summed E-state index contributed by atoms with van der Waals surface area (Å²) in [6, 6.07) is 0.456. The molecule has 0 saturated heterocycles. The number of hydrogen-bond donors (Lipinski definition) is 0. The largest absolute Gasteiger partial charge is 2.00 e. The van der Waals surface area contributed by atoms with Gasteiger partial charge in [0.25, 0.3) is 0 Å². The third kappa shape index (κ3) is 113. The maximum atomic E-state index is 4.20. The van der Waals surface area contributed by atoms with Crippen molar-refractivity contribution in [3.63, 3.8) is 0 Å². The monoisotopic (exact) mass is 531 g/mol. The van der Waals surface area contributed by atoms with Crippen molar-refractivity contribution in [3.8, 4) is 0 Å². The number of nitrogens with zero attached hydrogens (tertiary/aromatic N) is 1. The van der Waals surface area contributed by atoms with Gasteiger partial charge in [-0.15, -0.1) is 0 Å². The van der Waals surface area contributed by atoms with Gasteiger partial charge in [0.15, 0.2) is 0 Å². The molecule has 0 aliphatic carbocycles. The van der Waals surface area contributed by atoms with Crippen LogP contribution in [0.15, 0.2) is 4.99 Å². The van der Waals surface area contributed by atoms with E-state index in [0.717, 1.165) is 0 Å². The molecule has 0 aromatic rings.